The maximum atomic E-state index is 10.5. The topological polar surface area (TPSA) is 80.4 Å². The lowest BCUT2D eigenvalue weighted by Crippen LogP contribution is -2.44. The molecule has 3 N–H and O–H groups in total. The standard InChI is InChI=1S/C6H13NO3S/c1-6(8)2-5(3-6)4-11(7,9)10/h5,8H,2-4H2,1H3,(H2,7,9,10). The van der Waals surface area contributed by atoms with Gasteiger partial charge in [-0.2, -0.15) is 0 Å². The van der Waals surface area contributed by atoms with Crippen LogP contribution in [0.1, 0.15) is 19.8 Å². The Kier molecular flexibility index (Phi) is 1.98. The van der Waals surface area contributed by atoms with Gasteiger partial charge in [-0.1, -0.05) is 0 Å². The van der Waals surface area contributed by atoms with Gasteiger partial charge in [-0.3, -0.25) is 0 Å². The van der Waals surface area contributed by atoms with Crippen molar-refractivity contribution in [1.82, 2.24) is 0 Å². The summed E-state index contributed by atoms with van der Waals surface area (Å²) in [6, 6.07) is 0. The predicted molar refractivity (Wildman–Crippen MR) is 41.3 cm³/mol. The predicted octanol–water partition coefficient (Wildman–Crippen LogP) is -0.564. The normalized spacial score (nSPS) is 38.3. The summed E-state index contributed by atoms with van der Waals surface area (Å²) >= 11 is 0. The molecule has 1 saturated carbocycles. The Morgan fingerprint density at radius 3 is 2.36 bits per heavy atom. The monoisotopic (exact) mass is 179 g/mol. The van der Waals surface area contributed by atoms with Crippen molar-refractivity contribution in [3.05, 3.63) is 0 Å². The second-order valence-electron chi connectivity index (χ2n) is 3.60. The van der Waals surface area contributed by atoms with Gasteiger partial charge >= 0.3 is 0 Å². The molecule has 4 nitrogen and oxygen atoms in total. The van der Waals surface area contributed by atoms with Crippen LogP contribution in [0.25, 0.3) is 0 Å². The van der Waals surface area contributed by atoms with Crippen LogP contribution in [-0.4, -0.2) is 24.9 Å². The molecule has 0 spiro atoms. The number of hydrogen-bond acceptors (Lipinski definition) is 3. The van der Waals surface area contributed by atoms with Crippen LogP contribution in [0.15, 0.2) is 0 Å². The van der Waals surface area contributed by atoms with E-state index in [4.69, 9.17) is 5.14 Å². The zero-order chi connectivity index (χ0) is 8.70. The zero-order valence-electron chi connectivity index (χ0n) is 6.45. The zero-order valence-corrected chi connectivity index (χ0v) is 7.26. The second kappa shape index (κ2) is 2.43. The highest BCUT2D eigenvalue weighted by atomic mass is 32.2. The van der Waals surface area contributed by atoms with Crippen LogP contribution in [0.3, 0.4) is 0 Å². The third-order valence-corrected chi connectivity index (χ3v) is 2.86. The van der Waals surface area contributed by atoms with E-state index >= 15 is 0 Å². The highest BCUT2D eigenvalue weighted by Gasteiger charge is 2.39. The quantitative estimate of drug-likeness (QED) is 0.596. The summed E-state index contributed by atoms with van der Waals surface area (Å²) in [4.78, 5) is 0. The summed E-state index contributed by atoms with van der Waals surface area (Å²) in [5.41, 5.74) is -0.657. The highest BCUT2D eigenvalue weighted by Crippen LogP contribution is 2.37. The summed E-state index contributed by atoms with van der Waals surface area (Å²) < 4.78 is 21.1. The van der Waals surface area contributed by atoms with E-state index in [9.17, 15) is 13.5 Å². The number of hydrogen-bond donors (Lipinski definition) is 2. The van der Waals surface area contributed by atoms with Crippen molar-refractivity contribution in [2.75, 3.05) is 5.75 Å². The fraction of sp³-hybridized carbons (Fsp3) is 1.00. The highest BCUT2D eigenvalue weighted by molar-refractivity contribution is 7.89. The molecule has 1 aliphatic rings. The van der Waals surface area contributed by atoms with Gasteiger partial charge in [-0.25, -0.2) is 13.6 Å². The number of rotatable bonds is 2. The van der Waals surface area contributed by atoms with Crippen LogP contribution in [0.4, 0.5) is 0 Å². The summed E-state index contributed by atoms with van der Waals surface area (Å²) in [6.45, 7) is 1.70. The minimum Gasteiger partial charge on any atom is -0.390 e. The molecule has 0 aromatic heterocycles. The van der Waals surface area contributed by atoms with E-state index in [1.807, 2.05) is 0 Å². The fourth-order valence-electron chi connectivity index (χ4n) is 1.63. The Morgan fingerprint density at radius 2 is 2.09 bits per heavy atom. The summed E-state index contributed by atoms with van der Waals surface area (Å²) in [6.07, 6.45) is 1.09. The van der Waals surface area contributed by atoms with Crippen molar-refractivity contribution in [3.8, 4) is 0 Å². The molecule has 0 atom stereocenters. The summed E-state index contributed by atoms with van der Waals surface area (Å²) in [5, 5.41) is 14.1. The second-order valence-corrected chi connectivity index (χ2v) is 5.26. The number of aliphatic hydroxyl groups is 1. The lowest BCUT2D eigenvalue weighted by Gasteiger charge is -2.40. The van der Waals surface area contributed by atoms with E-state index in [2.05, 4.69) is 0 Å². The maximum Gasteiger partial charge on any atom is 0.209 e. The minimum atomic E-state index is -3.35. The van der Waals surface area contributed by atoms with E-state index in [0.29, 0.717) is 12.8 Å². The van der Waals surface area contributed by atoms with Crippen LogP contribution in [0, 0.1) is 5.92 Å². The SMILES string of the molecule is CC1(O)CC(CS(N)(=O)=O)C1. The van der Waals surface area contributed by atoms with Crippen LogP contribution < -0.4 is 5.14 Å². The first-order valence-corrected chi connectivity index (χ1v) is 5.23. The smallest absolute Gasteiger partial charge is 0.209 e. The van der Waals surface area contributed by atoms with Gasteiger partial charge in [-0.05, 0) is 25.7 Å². The fourth-order valence-corrected chi connectivity index (χ4v) is 2.52. The molecule has 5 heteroatoms. The van der Waals surface area contributed by atoms with Crippen LogP contribution in [0.2, 0.25) is 0 Å². The number of sulfonamides is 1. The van der Waals surface area contributed by atoms with Gasteiger partial charge in [0.2, 0.25) is 10.0 Å². The average Bonchev–Trinajstić information content (AvgIpc) is 1.53. The van der Waals surface area contributed by atoms with Gasteiger partial charge in [0.1, 0.15) is 0 Å². The molecule has 66 valence electrons. The van der Waals surface area contributed by atoms with Crippen LogP contribution in [-0.2, 0) is 10.0 Å². The molecule has 0 unspecified atom stereocenters. The van der Waals surface area contributed by atoms with Crippen LogP contribution >= 0.6 is 0 Å². The van der Waals surface area contributed by atoms with Crippen molar-refractivity contribution >= 4 is 10.0 Å². The van der Waals surface area contributed by atoms with E-state index in [-0.39, 0.29) is 11.7 Å². The van der Waals surface area contributed by atoms with E-state index in [0.717, 1.165) is 0 Å². The molecule has 0 heterocycles. The molecule has 11 heavy (non-hydrogen) atoms. The third-order valence-electron chi connectivity index (χ3n) is 1.92. The van der Waals surface area contributed by atoms with Crippen molar-refractivity contribution < 1.29 is 13.5 Å². The minimum absolute atomic E-state index is 0.00312. The molecule has 0 bridgehead atoms. The van der Waals surface area contributed by atoms with Crippen molar-refractivity contribution in [2.24, 2.45) is 11.1 Å². The molecule has 1 fully saturated rings. The van der Waals surface area contributed by atoms with Gasteiger partial charge in [0.05, 0.1) is 11.4 Å². The van der Waals surface area contributed by atoms with Gasteiger partial charge in [0.15, 0.2) is 0 Å². The largest absolute Gasteiger partial charge is 0.390 e. The molecular weight excluding hydrogens is 166 g/mol. The van der Waals surface area contributed by atoms with E-state index in [1.54, 1.807) is 6.92 Å². The average molecular weight is 179 g/mol. The molecule has 0 amide bonds. The lowest BCUT2D eigenvalue weighted by atomic mass is 9.73. The summed E-state index contributed by atoms with van der Waals surface area (Å²) in [5.74, 6) is 0.0587. The van der Waals surface area contributed by atoms with Gasteiger partial charge in [-0.15, -0.1) is 0 Å². The lowest BCUT2D eigenvalue weighted by molar-refractivity contribution is -0.0494. The Balaban J connectivity index is 2.36. The van der Waals surface area contributed by atoms with E-state index < -0.39 is 15.6 Å². The first-order chi connectivity index (χ1) is 4.79. The van der Waals surface area contributed by atoms with Gasteiger partial charge in [0.25, 0.3) is 0 Å². The molecule has 0 radical (unpaired) electrons. The Morgan fingerprint density at radius 1 is 1.64 bits per heavy atom. The Bertz CT molecular complexity index is 237. The summed E-state index contributed by atoms with van der Waals surface area (Å²) in [7, 11) is -3.35. The van der Waals surface area contributed by atoms with Gasteiger partial charge < -0.3 is 5.11 Å². The molecule has 1 rings (SSSR count). The molecule has 0 aromatic carbocycles. The first-order valence-electron chi connectivity index (χ1n) is 3.51. The van der Waals surface area contributed by atoms with Crippen LogP contribution in [0.5, 0.6) is 0 Å². The first kappa shape index (κ1) is 8.96. The Hall–Kier alpha value is -0.130. The van der Waals surface area contributed by atoms with E-state index in [1.165, 1.54) is 0 Å². The van der Waals surface area contributed by atoms with Crippen molar-refractivity contribution in [3.63, 3.8) is 0 Å². The van der Waals surface area contributed by atoms with Gasteiger partial charge in [0, 0.05) is 0 Å². The number of primary sulfonamides is 1. The third kappa shape index (κ3) is 2.76. The Labute approximate surface area is 66.5 Å². The molecule has 1 aliphatic carbocycles. The molecule has 0 aliphatic heterocycles. The molecule has 0 aromatic rings. The van der Waals surface area contributed by atoms with Crippen molar-refractivity contribution in [1.29, 1.82) is 0 Å². The van der Waals surface area contributed by atoms with Crippen molar-refractivity contribution in [2.45, 2.75) is 25.4 Å². The molecule has 0 saturated heterocycles. The molecular formula is C6H13NO3S. The number of nitrogens with two attached hydrogens (primary N) is 1. The maximum absolute atomic E-state index is 10.5.